The van der Waals surface area contributed by atoms with Crippen molar-refractivity contribution >= 4 is 23.3 Å². The van der Waals surface area contributed by atoms with E-state index in [1.54, 1.807) is 16.8 Å². The van der Waals surface area contributed by atoms with Crippen LogP contribution in [0.5, 0.6) is 0 Å². The SMILES string of the molecule is O=C(O)CCCCCCNC(=O)NCCc1cscn1. The first-order valence-corrected chi connectivity index (χ1v) is 7.73. The molecule has 0 saturated carbocycles. The fourth-order valence-electron chi connectivity index (χ4n) is 1.68. The van der Waals surface area contributed by atoms with E-state index in [1.165, 1.54) is 0 Å². The summed E-state index contributed by atoms with van der Waals surface area (Å²) in [5, 5.41) is 16.0. The van der Waals surface area contributed by atoms with Crippen LogP contribution < -0.4 is 10.6 Å². The number of aromatic nitrogens is 1. The van der Waals surface area contributed by atoms with Gasteiger partial charge in [-0.15, -0.1) is 11.3 Å². The van der Waals surface area contributed by atoms with Crippen LogP contribution in [-0.2, 0) is 11.2 Å². The summed E-state index contributed by atoms with van der Waals surface area (Å²) in [4.78, 5) is 25.9. The van der Waals surface area contributed by atoms with E-state index in [2.05, 4.69) is 15.6 Å². The van der Waals surface area contributed by atoms with Crippen molar-refractivity contribution in [1.82, 2.24) is 15.6 Å². The molecule has 1 heterocycles. The summed E-state index contributed by atoms with van der Waals surface area (Å²) in [6.45, 7) is 1.20. The van der Waals surface area contributed by atoms with Crippen molar-refractivity contribution in [1.29, 1.82) is 0 Å². The van der Waals surface area contributed by atoms with Gasteiger partial charge in [0, 0.05) is 31.3 Å². The Morgan fingerprint density at radius 1 is 1.15 bits per heavy atom. The Bertz CT molecular complexity index is 396. The number of carboxylic acids is 1. The zero-order valence-corrected chi connectivity index (χ0v) is 12.2. The van der Waals surface area contributed by atoms with Gasteiger partial charge in [-0.05, 0) is 12.8 Å². The molecule has 0 spiro atoms. The van der Waals surface area contributed by atoms with Crippen LogP contribution in [0.25, 0.3) is 0 Å². The molecule has 0 aliphatic carbocycles. The first kappa shape index (κ1) is 16.4. The standard InChI is InChI=1S/C13H21N3O3S/c17-12(18)5-3-1-2-4-7-14-13(19)15-8-6-11-9-20-10-16-11/h9-10H,1-8H2,(H,17,18)(H2,14,15,19). The van der Waals surface area contributed by atoms with Gasteiger partial charge in [0.05, 0.1) is 11.2 Å². The lowest BCUT2D eigenvalue weighted by molar-refractivity contribution is -0.137. The third kappa shape index (κ3) is 8.47. The lowest BCUT2D eigenvalue weighted by atomic mass is 10.1. The fourth-order valence-corrected chi connectivity index (χ4v) is 2.28. The molecule has 0 aliphatic heterocycles. The van der Waals surface area contributed by atoms with E-state index in [4.69, 9.17) is 5.11 Å². The highest BCUT2D eigenvalue weighted by atomic mass is 32.1. The summed E-state index contributed by atoms with van der Waals surface area (Å²) in [6.07, 6.45) is 4.37. The minimum Gasteiger partial charge on any atom is -0.481 e. The summed E-state index contributed by atoms with van der Waals surface area (Å²) in [5.41, 5.74) is 2.77. The van der Waals surface area contributed by atoms with Crippen LogP contribution >= 0.6 is 11.3 Å². The number of hydrogen-bond donors (Lipinski definition) is 3. The molecular weight excluding hydrogens is 278 g/mol. The second-order valence-corrected chi connectivity index (χ2v) is 5.19. The van der Waals surface area contributed by atoms with Gasteiger partial charge in [0.1, 0.15) is 0 Å². The van der Waals surface area contributed by atoms with Gasteiger partial charge in [0.2, 0.25) is 0 Å². The number of rotatable bonds is 10. The second-order valence-electron chi connectivity index (χ2n) is 4.47. The first-order valence-electron chi connectivity index (χ1n) is 6.79. The maximum absolute atomic E-state index is 11.4. The Balaban J connectivity index is 1.88. The molecule has 0 atom stereocenters. The van der Waals surface area contributed by atoms with E-state index < -0.39 is 5.97 Å². The van der Waals surface area contributed by atoms with Crippen LogP contribution in [0.4, 0.5) is 4.79 Å². The van der Waals surface area contributed by atoms with Crippen LogP contribution in [0, 0.1) is 0 Å². The molecular formula is C13H21N3O3S. The second kappa shape index (κ2) is 10.2. The average molecular weight is 299 g/mol. The molecule has 0 radical (unpaired) electrons. The number of unbranched alkanes of at least 4 members (excludes halogenated alkanes) is 3. The molecule has 0 unspecified atom stereocenters. The molecule has 7 heteroatoms. The number of carbonyl (C=O) groups excluding carboxylic acids is 1. The smallest absolute Gasteiger partial charge is 0.314 e. The number of thiazole rings is 1. The number of carbonyl (C=O) groups is 2. The van der Waals surface area contributed by atoms with E-state index in [0.717, 1.165) is 31.4 Å². The molecule has 0 fully saturated rings. The van der Waals surface area contributed by atoms with E-state index in [-0.39, 0.29) is 12.5 Å². The normalized spacial score (nSPS) is 10.2. The molecule has 1 aromatic rings. The lowest BCUT2D eigenvalue weighted by Crippen LogP contribution is -2.37. The first-order chi connectivity index (χ1) is 9.68. The number of nitrogens with zero attached hydrogens (tertiary/aromatic N) is 1. The maximum Gasteiger partial charge on any atom is 0.314 e. The number of hydrogen-bond acceptors (Lipinski definition) is 4. The van der Waals surface area contributed by atoms with Gasteiger partial charge in [0.25, 0.3) is 0 Å². The number of nitrogens with one attached hydrogen (secondary N) is 2. The summed E-state index contributed by atoms with van der Waals surface area (Å²) >= 11 is 1.55. The average Bonchev–Trinajstić information content (AvgIpc) is 2.90. The van der Waals surface area contributed by atoms with Crippen molar-refractivity contribution in [3.05, 3.63) is 16.6 Å². The van der Waals surface area contributed by atoms with Crippen LogP contribution in [0.1, 0.15) is 37.8 Å². The fraction of sp³-hybridized carbons (Fsp3) is 0.615. The Morgan fingerprint density at radius 3 is 2.60 bits per heavy atom. The Morgan fingerprint density at radius 2 is 1.90 bits per heavy atom. The molecule has 0 saturated heterocycles. The van der Waals surface area contributed by atoms with Gasteiger partial charge >= 0.3 is 12.0 Å². The van der Waals surface area contributed by atoms with E-state index in [9.17, 15) is 9.59 Å². The summed E-state index contributed by atoms with van der Waals surface area (Å²) in [7, 11) is 0. The van der Waals surface area contributed by atoms with Gasteiger partial charge in [-0.3, -0.25) is 4.79 Å². The third-order valence-electron chi connectivity index (χ3n) is 2.75. The molecule has 0 aliphatic rings. The molecule has 1 rings (SSSR count). The van der Waals surface area contributed by atoms with Crippen LogP contribution in [0.3, 0.4) is 0 Å². The van der Waals surface area contributed by atoms with E-state index >= 15 is 0 Å². The van der Waals surface area contributed by atoms with Gasteiger partial charge in [-0.1, -0.05) is 12.8 Å². The maximum atomic E-state index is 11.4. The Hall–Kier alpha value is -1.63. The quantitative estimate of drug-likeness (QED) is 0.576. The van der Waals surface area contributed by atoms with Crippen molar-refractivity contribution in [2.24, 2.45) is 0 Å². The Kier molecular flexibility index (Phi) is 8.37. The number of aliphatic carboxylic acids is 1. The third-order valence-corrected chi connectivity index (χ3v) is 3.39. The van der Waals surface area contributed by atoms with Crippen LogP contribution in [0.15, 0.2) is 10.9 Å². The molecule has 0 aromatic carbocycles. The zero-order valence-electron chi connectivity index (χ0n) is 11.4. The van der Waals surface area contributed by atoms with Crippen molar-refractivity contribution in [3.8, 4) is 0 Å². The van der Waals surface area contributed by atoms with Gasteiger partial charge in [-0.25, -0.2) is 9.78 Å². The number of carboxylic acid groups (broad SMARTS) is 1. The minimum absolute atomic E-state index is 0.161. The zero-order chi connectivity index (χ0) is 14.6. The van der Waals surface area contributed by atoms with Gasteiger partial charge in [-0.2, -0.15) is 0 Å². The van der Waals surface area contributed by atoms with Crippen molar-refractivity contribution in [2.75, 3.05) is 13.1 Å². The summed E-state index contributed by atoms with van der Waals surface area (Å²) < 4.78 is 0. The van der Waals surface area contributed by atoms with Crippen LogP contribution in [-0.4, -0.2) is 35.2 Å². The molecule has 1 aromatic heterocycles. The molecule has 20 heavy (non-hydrogen) atoms. The van der Waals surface area contributed by atoms with Crippen molar-refractivity contribution in [2.45, 2.75) is 38.5 Å². The molecule has 3 N–H and O–H groups in total. The topological polar surface area (TPSA) is 91.3 Å². The predicted octanol–water partition coefficient (Wildman–Crippen LogP) is 2.02. The van der Waals surface area contributed by atoms with Gasteiger partial charge < -0.3 is 15.7 Å². The molecule has 6 nitrogen and oxygen atoms in total. The van der Waals surface area contributed by atoms with Crippen LogP contribution in [0.2, 0.25) is 0 Å². The van der Waals surface area contributed by atoms with Crippen molar-refractivity contribution < 1.29 is 14.7 Å². The largest absolute Gasteiger partial charge is 0.481 e. The highest BCUT2D eigenvalue weighted by Gasteiger charge is 2.00. The van der Waals surface area contributed by atoms with E-state index in [0.29, 0.717) is 19.5 Å². The highest BCUT2D eigenvalue weighted by Crippen LogP contribution is 2.02. The monoisotopic (exact) mass is 299 g/mol. The van der Waals surface area contributed by atoms with Gasteiger partial charge in [0.15, 0.2) is 0 Å². The minimum atomic E-state index is -0.748. The summed E-state index contributed by atoms with van der Waals surface area (Å²) in [6, 6.07) is -0.161. The number of amides is 2. The lowest BCUT2D eigenvalue weighted by Gasteiger charge is -2.06. The molecule has 2 amide bonds. The highest BCUT2D eigenvalue weighted by molar-refractivity contribution is 7.07. The molecule has 112 valence electrons. The Labute approximate surface area is 122 Å². The molecule has 0 bridgehead atoms. The van der Waals surface area contributed by atoms with E-state index in [1.807, 2.05) is 5.38 Å². The summed E-state index contributed by atoms with van der Waals surface area (Å²) in [5.74, 6) is -0.748. The number of urea groups is 1. The van der Waals surface area contributed by atoms with Crippen molar-refractivity contribution in [3.63, 3.8) is 0 Å². The predicted molar refractivity (Wildman–Crippen MR) is 77.9 cm³/mol.